The summed E-state index contributed by atoms with van der Waals surface area (Å²) < 4.78 is 0. The molecule has 0 aliphatic rings. The zero-order valence-electron chi connectivity index (χ0n) is 6.87. The maximum Gasteiger partial charge on any atom is 0.134 e. The molecule has 0 unspecified atom stereocenters. The molecule has 0 aliphatic carbocycles. The van der Waals surface area contributed by atoms with Crippen molar-refractivity contribution in [3.63, 3.8) is 0 Å². The Morgan fingerprint density at radius 2 is 2.15 bits per heavy atom. The molecule has 0 fully saturated rings. The van der Waals surface area contributed by atoms with Crippen LogP contribution in [0.5, 0.6) is 5.75 Å². The summed E-state index contributed by atoms with van der Waals surface area (Å²) in [4.78, 5) is 4.09. The van der Waals surface area contributed by atoms with E-state index in [1.54, 1.807) is 6.07 Å². The number of rotatable bonds is 1. The highest BCUT2D eigenvalue weighted by atomic mass is 79.9. The maximum atomic E-state index is 9.22. The highest BCUT2D eigenvalue weighted by Crippen LogP contribution is 2.19. The van der Waals surface area contributed by atoms with E-state index >= 15 is 0 Å². The van der Waals surface area contributed by atoms with E-state index in [1.165, 1.54) is 11.8 Å². The van der Waals surface area contributed by atoms with Crippen molar-refractivity contribution in [1.82, 2.24) is 4.98 Å². The fourth-order valence-electron chi connectivity index (χ4n) is 1.25. The lowest BCUT2D eigenvalue weighted by Gasteiger charge is -1.99. The third-order valence-electron chi connectivity index (χ3n) is 1.89. The first kappa shape index (κ1) is 8.51. The first-order valence-corrected chi connectivity index (χ1v) is 5.05. The van der Waals surface area contributed by atoms with Crippen LogP contribution < -0.4 is 0 Å². The van der Waals surface area contributed by atoms with Gasteiger partial charge >= 0.3 is 0 Å². The molecule has 0 amide bonds. The van der Waals surface area contributed by atoms with Gasteiger partial charge in [-0.2, -0.15) is 0 Å². The van der Waals surface area contributed by atoms with Gasteiger partial charge in [0.15, 0.2) is 0 Å². The van der Waals surface area contributed by atoms with Crippen LogP contribution in [0.25, 0.3) is 10.9 Å². The molecule has 1 N–H and O–H groups in total. The van der Waals surface area contributed by atoms with Crippen molar-refractivity contribution in [3.05, 3.63) is 36.0 Å². The molecule has 1 aromatic heterocycles. The van der Waals surface area contributed by atoms with E-state index in [4.69, 9.17) is 0 Å². The number of benzene rings is 1. The normalized spacial score (nSPS) is 10.5. The number of alkyl halides is 1. The average molecular weight is 238 g/mol. The van der Waals surface area contributed by atoms with E-state index < -0.39 is 0 Å². The lowest BCUT2D eigenvalue weighted by Crippen LogP contribution is -1.81. The van der Waals surface area contributed by atoms with E-state index in [0.717, 1.165) is 16.2 Å². The first-order valence-electron chi connectivity index (χ1n) is 3.93. The minimum atomic E-state index is 0.208. The molecule has 2 nitrogen and oxygen atoms in total. The third-order valence-corrected chi connectivity index (χ3v) is 2.53. The predicted octanol–water partition coefficient (Wildman–Crippen LogP) is 2.84. The molecular weight excluding hydrogens is 230 g/mol. The van der Waals surface area contributed by atoms with Gasteiger partial charge in [0, 0.05) is 10.7 Å². The Labute approximate surface area is 84.4 Å². The van der Waals surface area contributed by atoms with Crippen molar-refractivity contribution in [2.75, 3.05) is 0 Å². The third kappa shape index (κ3) is 1.65. The summed E-state index contributed by atoms with van der Waals surface area (Å²) in [5.74, 6) is 0.208. The molecule has 0 radical (unpaired) electrons. The Kier molecular flexibility index (Phi) is 2.19. The number of aromatic hydroxyl groups is 1. The van der Waals surface area contributed by atoms with Gasteiger partial charge in [0.2, 0.25) is 0 Å². The molecule has 2 rings (SSSR count). The number of halogens is 1. The van der Waals surface area contributed by atoms with Gasteiger partial charge in [-0.15, -0.1) is 0 Å². The van der Waals surface area contributed by atoms with Crippen molar-refractivity contribution in [2.45, 2.75) is 5.33 Å². The van der Waals surface area contributed by atoms with Crippen LogP contribution in [0, 0.1) is 0 Å². The van der Waals surface area contributed by atoms with Gasteiger partial charge in [-0.3, -0.25) is 4.98 Å². The molecule has 3 heteroatoms. The van der Waals surface area contributed by atoms with Crippen LogP contribution in [0.15, 0.2) is 30.5 Å². The Balaban J connectivity index is 2.68. The number of hydrogen-bond donors (Lipinski definition) is 1. The first-order chi connectivity index (χ1) is 6.29. The topological polar surface area (TPSA) is 33.1 Å². The molecule has 2 aromatic rings. The lowest BCUT2D eigenvalue weighted by molar-refractivity contribution is 0.474. The van der Waals surface area contributed by atoms with Crippen molar-refractivity contribution < 1.29 is 5.11 Å². The van der Waals surface area contributed by atoms with Crippen molar-refractivity contribution >= 4 is 26.8 Å². The second-order valence-corrected chi connectivity index (χ2v) is 3.41. The molecule has 1 heterocycles. The number of aromatic nitrogens is 1. The van der Waals surface area contributed by atoms with Crippen LogP contribution in [0.4, 0.5) is 0 Å². The number of pyridine rings is 1. The summed E-state index contributed by atoms with van der Waals surface area (Å²) in [5, 5.41) is 11.0. The second-order valence-electron chi connectivity index (χ2n) is 2.85. The summed E-state index contributed by atoms with van der Waals surface area (Å²) in [6.45, 7) is 0. The van der Waals surface area contributed by atoms with Crippen LogP contribution in [-0.4, -0.2) is 10.1 Å². The highest BCUT2D eigenvalue weighted by Gasteiger charge is 1.97. The molecule has 0 saturated carbocycles. The Hall–Kier alpha value is -1.09. The fourth-order valence-corrected chi connectivity index (χ4v) is 1.60. The number of hydrogen-bond acceptors (Lipinski definition) is 2. The Bertz CT molecular complexity index is 442. The van der Waals surface area contributed by atoms with Gasteiger partial charge in [0.05, 0.1) is 11.7 Å². The summed E-state index contributed by atoms with van der Waals surface area (Å²) >= 11 is 3.38. The predicted molar refractivity (Wildman–Crippen MR) is 56.0 cm³/mol. The quantitative estimate of drug-likeness (QED) is 0.775. The molecule has 0 atom stereocenters. The van der Waals surface area contributed by atoms with E-state index in [-0.39, 0.29) is 5.75 Å². The van der Waals surface area contributed by atoms with Crippen LogP contribution in [-0.2, 0) is 5.33 Å². The van der Waals surface area contributed by atoms with Gasteiger partial charge in [0.25, 0.3) is 0 Å². The molecule has 0 bridgehead atoms. The van der Waals surface area contributed by atoms with Crippen LogP contribution in [0.1, 0.15) is 5.56 Å². The molecule has 0 spiro atoms. The minimum absolute atomic E-state index is 0.208. The molecule has 0 saturated heterocycles. The van der Waals surface area contributed by atoms with E-state index in [0.29, 0.717) is 0 Å². The largest absolute Gasteiger partial charge is 0.506 e. The van der Waals surface area contributed by atoms with E-state index in [9.17, 15) is 5.11 Å². The summed E-state index contributed by atoms with van der Waals surface area (Å²) in [5.41, 5.74) is 2.09. The summed E-state index contributed by atoms with van der Waals surface area (Å²) in [6.07, 6.45) is 1.45. The van der Waals surface area contributed by atoms with E-state index in [1.807, 2.05) is 18.2 Å². The molecular formula is C10H8BrNO. The van der Waals surface area contributed by atoms with Gasteiger partial charge in [-0.1, -0.05) is 22.0 Å². The highest BCUT2D eigenvalue weighted by molar-refractivity contribution is 9.08. The minimum Gasteiger partial charge on any atom is -0.506 e. The Morgan fingerprint density at radius 3 is 2.92 bits per heavy atom. The van der Waals surface area contributed by atoms with Crippen LogP contribution in [0.3, 0.4) is 0 Å². The van der Waals surface area contributed by atoms with Crippen molar-refractivity contribution in [1.29, 1.82) is 0 Å². The summed E-state index contributed by atoms with van der Waals surface area (Å²) in [6, 6.07) is 7.69. The number of nitrogens with zero attached hydrogens (tertiary/aromatic N) is 1. The lowest BCUT2D eigenvalue weighted by atomic mass is 10.1. The maximum absolute atomic E-state index is 9.22. The van der Waals surface area contributed by atoms with Crippen molar-refractivity contribution in [2.24, 2.45) is 0 Å². The molecule has 66 valence electrons. The van der Waals surface area contributed by atoms with Gasteiger partial charge in [-0.05, 0) is 23.8 Å². The SMILES string of the molecule is Oc1cnc2ccc(CBr)cc2c1. The average Bonchev–Trinajstić information content (AvgIpc) is 2.16. The van der Waals surface area contributed by atoms with Gasteiger partial charge in [-0.25, -0.2) is 0 Å². The van der Waals surface area contributed by atoms with Crippen molar-refractivity contribution in [3.8, 4) is 5.75 Å². The smallest absolute Gasteiger partial charge is 0.134 e. The van der Waals surface area contributed by atoms with Crippen LogP contribution in [0.2, 0.25) is 0 Å². The second kappa shape index (κ2) is 3.34. The monoisotopic (exact) mass is 237 g/mol. The van der Waals surface area contributed by atoms with Crippen LogP contribution >= 0.6 is 15.9 Å². The standard InChI is InChI=1S/C10H8BrNO/c11-5-7-1-2-10-8(3-7)4-9(13)6-12-10/h1-4,6,13H,5H2. The number of fused-ring (bicyclic) bond motifs is 1. The molecule has 1 aromatic carbocycles. The molecule has 13 heavy (non-hydrogen) atoms. The Morgan fingerprint density at radius 1 is 1.31 bits per heavy atom. The van der Waals surface area contributed by atoms with E-state index in [2.05, 4.69) is 20.9 Å². The van der Waals surface area contributed by atoms with Gasteiger partial charge < -0.3 is 5.11 Å². The fraction of sp³-hybridized carbons (Fsp3) is 0.100. The summed E-state index contributed by atoms with van der Waals surface area (Å²) in [7, 11) is 0. The molecule has 0 aliphatic heterocycles. The van der Waals surface area contributed by atoms with Gasteiger partial charge in [0.1, 0.15) is 5.75 Å². The zero-order chi connectivity index (χ0) is 9.26. The zero-order valence-corrected chi connectivity index (χ0v) is 8.45.